The highest BCUT2D eigenvalue weighted by Gasteiger charge is 2.05. The Morgan fingerprint density at radius 3 is 2.50 bits per heavy atom. The molecule has 1 rings (SSSR count). The Labute approximate surface area is 92.8 Å². The molecule has 0 spiro atoms. The van der Waals surface area contributed by atoms with Gasteiger partial charge in [0.05, 0.1) is 12.2 Å². The van der Waals surface area contributed by atoms with E-state index in [2.05, 4.69) is 0 Å². The maximum Gasteiger partial charge on any atom is 0.338 e. The monoisotopic (exact) mass is 232 g/mol. The maximum atomic E-state index is 11.3. The quantitative estimate of drug-likeness (QED) is 0.453. The number of hydrogen-bond donors (Lipinski definition) is 0. The molecule has 0 atom stereocenters. The van der Waals surface area contributed by atoms with Crippen molar-refractivity contribution >= 4 is 29.2 Å². The summed E-state index contributed by atoms with van der Waals surface area (Å²) < 4.78 is 4.94. The predicted molar refractivity (Wildman–Crippen MR) is 57.1 cm³/mol. The number of ether oxygens (including phenoxy) is 1. The van der Waals surface area contributed by atoms with Gasteiger partial charge in [-0.25, -0.2) is 4.79 Å². The third-order valence-corrected chi connectivity index (χ3v) is 2.11. The van der Waals surface area contributed by atoms with Gasteiger partial charge < -0.3 is 4.74 Å². The number of rotatable bonds is 4. The molecule has 0 saturated heterocycles. The summed E-state index contributed by atoms with van der Waals surface area (Å²) in [4.78, 5) is 11.3. The zero-order valence-electron chi connectivity index (χ0n) is 7.50. The lowest BCUT2D eigenvalue weighted by molar-refractivity contribution is 0.0506. The second-order valence-electron chi connectivity index (χ2n) is 2.69. The van der Waals surface area contributed by atoms with E-state index in [1.165, 1.54) is 0 Å². The van der Waals surface area contributed by atoms with E-state index in [1.54, 1.807) is 24.3 Å². The zero-order valence-corrected chi connectivity index (χ0v) is 9.02. The number of alkyl halides is 1. The molecule has 0 aliphatic rings. The van der Waals surface area contributed by atoms with Crippen LogP contribution in [0.5, 0.6) is 0 Å². The molecule has 1 aromatic rings. The number of carbonyl (C=O) groups excluding carboxylic acids is 1. The van der Waals surface area contributed by atoms with E-state index in [0.717, 1.165) is 0 Å². The summed E-state index contributed by atoms with van der Waals surface area (Å²) in [5.41, 5.74) is 0.504. The van der Waals surface area contributed by atoms with Crippen LogP contribution in [-0.2, 0) is 4.74 Å². The van der Waals surface area contributed by atoms with E-state index in [-0.39, 0.29) is 5.97 Å². The smallest absolute Gasteiger partial charge is 0.338 e. The average molecular weight is 233 g/mol. The highest BCUT2D eigenvalue weighted by Crippen LogP contribution is 2.10. The average Bonchev–Trinajstić information content (AvgIpc) is 2.19. The summed E-state index contributed by atoms with van der Waals surface area (Å²) in [6.07, 6.45) is 0.668. The van der Waals surface area contributed by atoms with Crippen molar-refractivity contribution in [1.82, 2.24) is 0 Å². The first-order chi connectivity index (χ1) is 6.74. The van der Waals surface area contributed by atoms with E-state index in [4.69, 9.17) is 27.9 Å². The molecule has 0 saturated carbocycles. The minimum atomic E-state index is -0.341. The number of benzene rings is 1. The van der Waals surface area contributed by atoms with Gasteiger partial charge in [-0.3, -0.25) is 0 Å². The first-order valence-corrected chi connectivity index (χ1v) is 5.14. The first-order valence-electron chi connectivity index (χ1n) is 4.22. The second-order valence-corrected chi connectivity index (χ2v) is 3.50. The molecule has 4 heteroatoms. The van der Waals surface area contributed by atoms with Crippen LogP contribution in [-0.4, -0.2) is 18.5 Å². The van der Waals surface area contributed by atoms with E-state index in [0.29, 0.717) is 29.5 Å². The Morgan fingerprint density at radius 2 is 1.93 bits per heavy atom. The van der Waals surface area contributed by atoms with Gasteiger partial charge in [0.15, 0.2) is 0 Å². The molecule has 0 radical (unpaired) electrons. The largest absolute Gasteiger partial charge is 0.462 e. The molecule has 0 unspecified atom stereocenters. The number of halogens is 2. The van der Waals surface area contributed by atoms with Crippen molar-refractivity contribution in [1.29, 1.82) is 0 Å². The van der Waals surface area contributed by atoms with Crippen molar-refractivity contribution in [2.45, 2.75) is 6.42 Å². The summed E-state index contributed by atoms with van der Waals surface area (Å²) in [5.74, 6) is 0.153. The predicted octanol–water partition coefficient (Wildman–Crippen LogP) is 3.13. The Bertz CT molecular complexity index is 295. The van der Waals surface area contributed by atoms with Gasteiger partial charge in [0.2, 0.25) is 0 Å². The second kappa shape index (κ2) is 5.89. The molecule has 0 bridgehead atoms. The van der Waals surface area contributed by atoms with Crippen molar-refractivity contribution in [3.63, 3.8) is 0 Å². The van der Waals surface area contributed by atoms with Gasteiger partial charge in [0.1, 0.15) is 0 Å². The lowest BCUT2D eigenvalue weighted by atomic mass is 10.2. The number of carbonyl (C=O) groups is 1. The summed E-state index contributed by atoms with van der Waals surface area (Å²) in [5, 5.41) is 0.599. The van der Waals surface area contributed by atoms with Crippen LogP contribution in [0, 0.1) is 0 Å². The molecule has 0 amide bonds. The van der Waals surface area contributed by atoms with E-state index in [9.17, 15) is 4.79 Å². The van der Waals surface area contributed by atoms with Crippen molar-refractivity contribution in [2.24, 2.45) is 0 Å². The molecular formula is C10H10Cl2O2. The molecule has 0 aliphatic heterocycles. The van der Waals surface area contributed by atoms with E-state index < -0.39 is 0 Å². The first kappa shape index (κ1) is 11.3. The van der Waals surface area contributed by atoms with Gasteiger partial charge in [0, 0.05) is 10.9 Å². The Kier molecular flexibility index (Phi) is 4.77. The molecule has 2 nitrogen and oxygen atoms in total. The minimum Gasteiger partial charge on any atom is -0.462 e. The standard InChI is InChI=1S/C10H10Cl2O2/c11-6-1-7-14-10(13)8-2-4-9(12)5-3-8/h2-5H,1,6-7H2. The molecular weight excluding hydrogens is 223 g/mol. The summed E-state index contributed by atoms with van der Waals surface area (Å²) in [6.45, 7) is 0.352. The molecule has 1 aromatic carbocycles. The van der Waals surface area contributed by atoms with Gasteiger partial charge in [-0.15, -0.1) is 11.6 Å². The number of hydrogen-bond acceptors (Lipinski definition) is 2. The van der Waals surface area contributed by atoms with E-state index >= 15 is 0 Å². The minimum absolute atomic E-state index is 0.341. The lowest BCUT2D eigenvalue weighted by Crippen LogP contribution is -2.06. The van der Waals surface area contributed by atoms with Crippen LogP contribution in [0.4, 0.5) is 0 Å². The van der Waals surface area contributed by atoms with Crippen LogP contribution >= 0.6 is 23.2 Å². The van der Waals surface area contributed by atoms with Crippen molar-refractivity contribution < 1.29 is 9.53 Å². The van der Waals surface area contributed by atoms with Gasteiger partial charge in [-0.05, 0) is 30.7 Å². The highest BCUT2D eigenvalue weighted by molar-refractivity contribution is 6.30. The van der Waals surface area contributed by atoms with E-state index in [1.807, 2.05) is 0 Å². The normalized spacial score (nSPS) is 9.86. The molecule has 0 N–H and O–H groups in total. The van der Waals surface area contributed by atoms with Crippen LogP contribution in [0.1, 0.15) is 16.8 Å². The van der Waals surface area contributed by atoms with Gasteiger partial charge in [-0.2, -0.15) is 0 Å². The molecule has 0 aromatic heterocycles. The fourth-order valence-electron chi connectivity index (χ4n) is 0.889. The topological polar surface area (TPSA) is 26.3 Å². The van der Waals surface area contributed by atoms with Gasteiger partial charge in [-0.1, -0.05) is 11.6 Å². The fourth-order valence-corrected chi connectivity index (χ4v) is 1.12. The maximum absolute atomic E-state index is 11.3. The van der Waals surface area contributed by atoms with Gasteiger partial charge >= 0.3 is 5.97 Å². The van der Waals surface area contributed by atoms with Crippen molar-refractivity contribution in [3.8, 4) is 0 Å². The Balaban J connectivity index is 2.48. The van der Waals surface area contributed by atoms with Crippen LogP contribution in [0.25, 0.3) is 0 Å². The van der Waals surface area contributed by atoms with Crippen molar-refractivity contribution in [3.05, 3.63) is 34.9 Å². The third kappa shape index (κ3) is 3.56. The van der Waals surface area contributed by atoms with Crippen LogP contribution < -0.4 is 0 Å². The highest BCUT2D eigenvalue weighted by atomic mass is 35.5. The molecule has 0 heterocycles. The summed E-state index contributed by atoms with van der Waals surface area (Å²) in [6, 6.07) is 6.57. The Hall–Kier alpha value is -0.730. The number of esters is 1. The lowest BCUT2D eigenvalue weighted by Gasteiger charge is -2.02. The van der Waals surface area contributed by atoms with Crippen molar-refractivity contribution in [2.75, 3.05) is 12.5 Å². The zero-order chi connectivity index (χ0) is 10.4. The Morgan fingerprint density at radius 1 is 1.29 bits per heavy atom. The molecule has 0 fully saturated rings. The molecule has 76 valence electrons. The molecule has 14 heavy (non-hydrogen) atoms. The fraction of sp³-hybridized carbons (Fsp3) is 0.300. The summed E-state index contributed by atoms with van der Waals surface area (Å²) in [7, 11) is 0. The van der Waals surface area contributed by atoms with Gasteiger partial charge in [0.25, 0.3) is 0 Å². The SMILES string of the molecule is O=C(OCCCCl)c1ccc(Cl)cc1. The van der Waals surface area contributed by atoms with Crippen LogP contribution in [0.3, 0.4) is 0 Å². The third-order valence-electron chi connectivity index (χ3n) is 1.59. The van der Waals surface area contributed by atoms with Crippen LogP contribution in [0.15, 0.2) is 24.3 Å². The van der Waals surface area contributed by atoms with Crippen LogP contribution in [0.2, 0.25) is 5.02 Å². The molecule has 0 aliphatic carbocycles. The summed E-state index contributed by atoms with van der Waals surface area (Å²) >= 11 is 11.1.